The highest BCUT2D eigenvalue weighted by atomic mass is 32.2. The monoisotopic (exact) mass is 395 g/mol. The Kier molecular flexibility index (Phi) is 6.19. The van der Waals surface area contributed by atoms with Gasteiger partial charge in [-0.2, -0.15) is 0 Å². The van der Waals surface area contributed by atoms with Crippen molar-refractivity contribution in [3.8, 4) is 0 Å². The van der Waals surface area contributed by atoms with Crippen molar-refractivity contribution in [2.24, 2.45) is 0 Å². The summed E-state index contributed by atoms with van der Waals surface area (Å²) < 4.78 is 1.66. The molecule has 3 aromatic rings. The summed E-state index contributed by atoms with van der Waals surface area (Å²) >= 11 is 1.31. The van der Waals surface area contributed by atoms with Crippen LogP contribution < -0.4 is 10.9 Å². The van der Waals surface area contributed by atoms with Crippen molar-refractivity contribution in [1.29, 1.82) is 0 Å². The zero-order chi connectivity index (χ0) is 20.3. The van der Waals surface area contributed by atoms with Crippen molar-refractivity contribution in [2.45, 2.75) is 50.7 Å². The smallest absolute Gasteiger partial charge is 0.262 e. The molecule has 0 saturated heterocycles. The van der Waals surface area contributed by atoms with E-state index in [9.17, 15) is 9.59 Å². The number of fused-ring (bicyclic) bond motifs is 1. The van der Waals surface area contributed by atoms with E-state index in [1.54, 1.807) is 10.6 Å². The molecule has 3 rings (SSSR count). The third-order valence-corrected chi connectivity index (χ3v) is 5.60. The third-order valence-electron chi connectivity index (χ3n) is 4.53. The average Bonchev–Trinajstić information content (AvgIpc) is 2.67. The Labute approximate surface area is 169 Å². The van der Waals surface area contributed by atoms with Crippen LogP contribution in [-0.2, 0) is 11.3 Å². The predicted molar refractivity (Wildman–Crippen MR) is 115 cm³/mol. The van der Waals surface area contributed by atoms with Gasteiger partial charge in [0.25, 0.3) is 5.56 Å². The normalized spacial score (nSPS) is 12.3. The predicted octanol–water partition coefficient (Wildman–Crippen LogP) is 4.08. The van der Waals surface area contributed by atoms with Gasteiger partial charge >= 0.3 is 0 Å². The van der Waals surface area contributed by atoms with Gasteiger partial charge in [-0.3, -0.25) is 14.2 Å². The number of nitrogens with zero attached hydrogens (tertiary/aromatic N) is 2. The molecule has 0 fully saturated rings. The Morgan fingerprint density at radius 3 is 2.46 bits per heavy atom. The van der Waals surface area contributed by atoms with Crippen LogP contribution in [-0.4, -0.2) is 20.7 Å². The van der Waals surface area contributed by atoms with Gasteiger partial charge in [0, 0.05) is 12.6 Å². The van der Waals surface area contributed by atoms with Crippen LogP contribution in [0.3, 0.4) is 0 Å². The molecule has 1 atom stereocenters. The molecule has 5 nitrogen and oxygen atoms in total. The Hall–Kier alpha value is -2.60. The fraction of sp³-hybridized carbons (Fsp3) is 0.318. The number of thioether (sulfide) groups is 1. The molecule has 1 unspecified atom stereocenters. The Bertz CT molecular complexity index is 1040. The maximum Gasteiger partial charge on any atom is 0.262 e. The van der Waals surface area contributed by atoms with Gasteiger partial charge in [0.2, 0.25) is 5.91 Å². The van der Waals surface area contributed by atoms with Crippen molar-refractivity contribution in [3.63, 3.8) is 0 Å². The molecule has 0 bridgehead atoms. The lowest BCUT2D eigenvalue weighted by atomic mass is 10.1. The van der Waals surface area contributed by atoms with Gasteiger partial charge in [0.1, 0.15) is 0 Å². The molecule has 0 aliphatic heterocycles. The van der Waals surface area contributed by atoms with E-state index < -0.39 is 0 Å². The summed E-state index contributed by atoms with van der Waals surface area (Å²) in [5.41, 5.74) is 2.82. The standard InChI is InChI=1S/C22H25N3O2S/c1-14(2)25-21(27)18-7-5-6-8-19(18)24-22(25)28-16(4)20(26)23-13-17-11-9-15(3)10-12-17/h5-12,14,16H,13H2,1-4H3,(H,23,26). The largest absolute Gasteiger partial charge is 0.351 e. The third kappa shape index (κ3) is 4.44. The Balaban J connectivity index is 1.79. The van der Waals surface area contributed by atoms with Crippen molar-refractivity contribution >= 4 is 28.6 Å². The van der Waals surface area contributed by atoms with Gasteiger partial charge in [-0.15, -0.1) is 0 Å². The molecule has 28 heavy (non-hydrogen) atoms. The molecule has 0 spiro atoms. The number of para-hydroxylation sites is 1. The van der Waals surface area contributed by atoms with Gasteiger partial charge in [-0.1, -0.05) is 53.7 Å². The molecule has 0 aliphatic rings. The molecule has 146 valence electrons. The lowest BCUT2D eigenvalue weighted by Crippen LogP contribution is -2.32. The first kappa shape index (κ1) is 20.1. The molecule has 1 heterocycles. The second-order valence-corrected chi connectivity index (χ2v) is 8.45. The summed E-state index contributed by atoms with van der Waals surface area (Å²) in [4.78, 5) is 30.1. The average molecular weight is 396 g/mol. The minimum atomic E-state index is -0.372. The number of benzene rings is 2. The number of aromatic nitrogens is 2. The maximum atomic E-state index is 12.9. The first-order chi connectivity index (χ1) is 13.4. The van der Waals surface area contributed by atoms with Gasteiger partial charge < -0.3 is 5.32 Å². The van der Waals surface area contributed by atoms with Gasteiger partial charge in [0.05, 0.1) is 16.2 Å². The van der Waals surface area contributed by atoms with Crippen LogP contribution in [0.2, 0.25) is 0 Å². The second kappa shape index (κ2) is 8.61. The van der Waals surface area contributed by atoms with Crippen molar-refractivity contribution in [3.05, 3.63) is 70.0 Å². The molecule has 6 heteroatoms. The number of carbonyl (C=O) groups excluding carboxylic acids is 1. The highest BCUT2D eigenvalue weighted by Gasteiger charge is 2.20. The van der Waals surface area contributed by atoms with Crippen LogP contribution in [0.1, 0.15) is 37.9 Å². The van der Waals surface area contributed by atoms with E-state index in [0.717, 1.165) is 5.56 Å². The molecular weight excluding hydrogens is 370 g/mol. The number of hydrogen-bond donors (Lipinski definition) is 1. The molecule has 0 saturated carbocycles. The van der Waals surface area contributed by atoms with E-state index in [-0.39, 0.29) is 22.8 Å². The number of nitrogens with one attached hydrogen (secondary N) is 1. The minimum Gasteiger partial charge on any atom is -0.351 e. The number of hydrogen-bond acceptors (Lipinski definition) is 4. The van der Waals surface area contributed by atoms with Crippen LogP contribution in [0.15, 0.2) is 58.5 Å². The molecule has 1 amide bonds. The van der Waals surface area contributed by atoms with Crippen LogP contribution >= 0.6 is 11.8 Å². The van der Waals surface area contributed by atoms with Crippen LogP contribution in [0, 0.1) is 6.92 Å². The van der Waals surface area contributed by atoms with E-state index in [1.165, 1.54) is 17.3 Å². The van der Waals surface area contributed by atoms with Crippen molar-refractivity contribution in [1.82, 2.24) is 14.9 Å². The zero-order valence-corrected chi connectivity index (χ0v) is 17.4. The first-order valence-corrected chi connectivity index (χ1v) is 10.3. The minimum absolute atomic E-state index is 0.0464. The number of aryl methyl sites for hydroxylation is 1. The maximum absolute atomic E-state index is 12.9. The lowest BCUT2D eigenvalue weighted by Gasteiger charge is -2.18. The summed E-state index contributed by atoms with van der Waals surface area (Å²) in [5, 5.41) is 3.75. The van der Waals surface area contributed by atoms with Crippen molar-refractivity contribution < 1.29 is 4.79 Å². The lowest BCUT2D eigenvalue weighted by molar-refractivity contribution is -0.120. The highest BCUT2D eigenvalue weighted by molar-refractivity contribution is 8.00. The van der Waals surface area contributed by atoms with Gasteiger partial charge in [-0.25, -0.2) is 4.98 Å². The quantitative estimate of drug-likeness (QED) is 0.504. The fourth-order valence-corrected chi connectivity index (χ4v) is 3.98. The fourth-order valence-electron chi connectivity index (χ4n) is 2.91. The SMILES string of the molecule is Cc1ccc(CNC(=O)C(C)Sc2nc3ccccc3c(=O)n2C(C)C)cc1. The van der Waals surface area contributed by atoms with E-state index in [2.05, 4.69) is 10.3 Å². The second-order valence-electron chi connectivity index (χ2n) is 7.14. The summed E-state index contributed by atoms with van der Waals surface area (Å²) in [7, 11) is 0. The van der Waals surface area contributed by atoms with E-state index >= 15 is 0 Å². The van der Waals surface area contributed by atoms with E-state index in [4.69, 9.17) is 0 Å². The Morgan fingerprint density at radius 1 is 1.11 bits per heavy atom. The van der Waals surface area contributed by atoms with Crippen molar-refractivity contribution in [2.75, 3.05) is 0 Å². The van der Waals surface area contributed by atoms with Gasteiger partial charge in [-0.05, 0) is 45.4 Å². The summed E-state index contributed by atoms with van der Waals surface area (Å²) in [6, 6.07) is 15.3. The zero-order valence-electron chi connectivity index (χ0n) is 16.6. The molecule has 2 aromatic carbocycles. The molecular formula is C22H25N3O2S. The topological polar surface area (TPSA) is 64.0 Å². The van der Waals surface area contributed by atoms with E-state index in [1.807, 2.05) is 70.2 Å². The number of carbonyl (C=O) groups is 1. The number of amides is 1. The molecule has 0 aliphatic carbocycles. The summed E-state index contributed by atoms with van der Waals surface area (Å²) in [6.07, 6.45) is 0. The molecule has 1 aromatic heterocycles. The molecule has 0 radical (unpaired) electrons. The van der Waals surface area contributed by atoms with Crippen LogP contribution in [0.4, 0.5) is 0 Å². The summed E-state index contributed by atoms with van der Waals surface area (Å²) in [6.45, 7) is 8.24. The Morgan fingerprint density at radius 2 is 1.79 bits per heavy atom. The van der Waals surface area contributed by atoms with Crippen LogP contribution in [0.5, 0.6) is 0 Å². The van der Waals surface area contributed by atoms with Crippen LogP contribution in [0.25, 0.3) is 10.9 Å². The first-order valence-electron chi connectivity index (χ1n) is 9.38. The highest BCUT2D eigenvalue weighted by Crippen LogP contribution is 2.25. The summed E-state index contributed by atoms with van der Waals surface area (Å²) in [5.74, 6) is -0.0803. The molecule has 1 N–H and O–H groups in total. The number of rotatable bonds is 6. The van der Waals surface area contributed by atoms with Gasteiger partial charge in [0.15, 0.2) is 5.16 Å². The van der Waals surface area contributed by atoms with E-state index in [0.29, 0.717) is 22.6 Å².